The van der Waals surface area contributed by atoms with Gasteiger partial charge in [-0.25, -0.2) is 0 Å². The molecule has 2 rings (SSSR count). The lowest BCUT2D eigenvalue weighted by atomic mass is 10.1. The summed E-state index contributed by atoms with van der Waals surface area (Å²) >= 11 is 6.08. The fraction of sp³-hybridized carbons (Fsp3) is 0.467. The van der Waals surface area contributed by atoms with Crippen LogP contribution >= 0.6 is 11.6 Å². The van der Waals surface area contributed by atoms with Crippen LogP contribution in [0.15, 0.2) is 18.2 Å². The van der Waals surface area contributed by atoms with Gasteiger partial charge >= 0.3 is 5.97 Å². The van der Waals surface area contributed by atoms with Crippen LogP contribution in [0.3, 0.4) is 0 Å². The molecule has 6 heteroatoms. The molecular weight excluding hydrogens is 292 g/mol. The van der Waals surface area contributed by atoms with Crippen LogP contribution in [0, 0.1) is 12.8 Å². The van der Waals surface area contributed by atoms with E-state index in [9.17, 15) is 9.59 Å². The zero-order valence-electron chi connectivity index (χ0n) is 12.2. The van der Waals surface area contributed by atoms with Gasteiger partial charge < -0.3 is 10.1 Å². The summed E-state index contributed by atoms with van der Waals surface area (Å²) in [5.41, 5.74) is 1.65. The lowest BCUT2D eigenvalue weighted by Gasteiger charge is -2.15. The molecule has 1 aliphatic rings. The average molecular weight is 311 g/mol. The molecule has 1 heterocycles. The molecule has 1 saturated heterocycles. The minimum atomic E-state index is -0.209. The maximum absolute atomic E-state index is 12.0. The average Bonchev–Trinajstić information content (AvgIpc) is 2.89. The van der Waals surface area contributed by atoms with Crippen LogP contribution in [0.25, 0.3) is 0 Å². The molecular formula is C15H19ClN2O3. The topological polar surface area (TPSA) is 58.6 Å². The highest BCUT2D eigenvalue weighted by Gasteiger charge is 2.29. The molecule has 1 aromatic carbocycles. The lowest BCUT2D eigenvalue weighted by molar-refractivity contribution is -0.145. The van der Waals surface area contributed by atoms with Gasteiger partial charge in [-0.3, -0.25) is 14.5 Å². The van der Waals surface area contributed by atoms with Crippen LogP contribution in [0.2, 0.25) is 5.02 Å². The summed E-state index contributed by atoms with van der Waals surface area (Å²) in [6.07, 6.45) is 0.727. The van der Waals surface area contributed by atoms with E-state index in [4.69, 9.17) is 16.3 Å². The number of anilines is 1. The predicted molar refractivity (Wildman–Crippen MR) is 81.4 cm³/mol. The quantitative estimate of drug-likeness (QED) is 0.865. The van der Waals surface area contributed by atoms with Gasteiger partial charge in [0.05, 0.1) is 30.3 Å². The maximum atomic E-state index is 12.0. The first-order valence-electron chi connectivity index (χ1n) is 6.86. The van der Waals surface area contributed by atoms with Crippen molar-refractivity contribution in [1.29, 1.82) is 0 Å². The van der Waals surface area contributed by atoms with Gasteiger partial charge in [-0.1, -0.05) is 17.7 Å². The van der Waals surface area contributed by atoms with E-state index in [1.54, 1.807) is 12.1 Å². The molecule has 1 amide bonds. The number of halogens is 1. The minimum absolute atomic E-state index is 0.133. The van der Waals surface area contributed by atoms with Gasteiger partial charge in [-0.05, 0) is 37.6 Å². The highest BCUT2D eigenvalue weighted by molar-refractivity contribution is 6.33. The molecule has 0 saturated carbocycles. The summed E-state index contributed by atoms with van der Waals surface area (Å²) in [6.45, 7) is 3.46. The number of nitrogens with one attached hydrogen (secondary N) is 1. The Morgan fingerprint density at radius 3 is 2.90 bits per heavy atom. The van der Waals surface area contributed by atoms with Crippen molar-refractivity contribution in [3.63, 3.8) is 0 Å². The monoisotopic (exact) mass is 310 g/mol. The number of nitrogens with zero attached hydrogens (tertiary/aromatic N) is 1. The SMILES string of the molecule is COC(=O)C1CCN(CC(=O)Nc2ccc(C)cc2Cl)C1. The van der Waals surface area contributed by atoms with Crippen LogP contribution in [0.1, 0.15) is 12.0 Å². The Bertz CT molecular complexity index is 548. The summed E-state index contributed by atoms with van der Waals surface area (Å²) in [5.74, 6) is -0.475. The molecule has 0 spiro atoms. The number of ether oxygens (including phenoxy) is 1. The van der Waals surface area contributed by atoms with Gasteiger partial charge in [0, 0.05) is 6.54 Å². The van der Waals surface area contributed by atoms with Crippen molar-refractivity contribution < 1.29 is 14.3 Å². The molecule has 1 atom stereocenters. The first kappa shape index (κ1) is 15.8. The van der Waals surface area contributed by atoms with E-state index in [0.717, 1.165) is 18.5 Å². The predicted octanol–water partition coefficient (Wildman–Crippen LogP) is 2.08. The number of benzene rings is 1. The van der Waals surface area contributed by atoms with E-state index in [1.807, 2.05) is 17.9 Å². The van der Waals surface area contributed by atoms with Crippen molar-refractivity contribution >= 4 is 29.2 Å². The van der Waals surface area contributed by atoms with Gasteiger partial charge in [-0.2, -0.15) is 0 Å². The maximum Gasteiger partial charge on any atom is 0.310 e. The summed E-state index contributed by atoms with van der Waals surface area (Å²) in [7, 11) is 1.39. The number of carbonyl (C=O) groups is 2. The number of hydrogen-bond acceptors (Lipinski definition) is 4. The standard InChI is InChI=1S/C15H19ClN2O3/c1-10-3-4-13(12(16)7-10)17-14(19)9-18-6-5-11(8-18)15(20)21-2/h3-4,7,11H,5-6,8-9H2,1-2H3,(H,17,19). The smallest absolute Gasteiger partial charge is 0.310 e. The first-order valence-corrected chi connectivity index (χ1v) is 7.23. The number of amides is 1. The molecule has 5 nitrogen and oxygen atoms in total. The van der Waals surface area contributed by atoms with Crippen molar-refractivity contribution in [1.82, 2.24) is 4.90 Å². The minimum Gasteiger partial charge on any atom is -0.469 e. The number of esters is 1. The van der Waals surface area contributed by atoms with Crippen LogP contribution in [0.5, 0.6) is 0 Å². The third-order valence-corrected chi connectivity index (χ3v) is 3.89. The largest absolute Gasteiger partial charge is 0.469 e. The normalized spacial score (nSPS) is 18.5. The highest BCUT2D eigenvalue weighted by Crippen LogP contribution is 2.23. The Kier molecular flexibility index (Phi) is 5.20. The number of rotatable bonds is 4. The van der Waals surface area contributed by atoms with Crippen molar-refractivity contribution in [2.45, 2.75) is 13.3 Å². The fourth-order valence-corrected chi connectivity index (χ4v) is 2.73. The second-order valence-electron chi connectivity index (χ2n) is 5.28. The van der Waals surface area contributed by atoms with Gasteiger partial charge in [-0.15, -0.1) is 0 Å². The van der Waals surface area contributed by atoms with Crippen LogP contribution in [-0.4, -0.2) is 43.5 Å². The molecule has 1 fully saturated rings. The Morgan fingerprint density at radius 2 is 2.24 bits per heavy atom. The molecule has 0 aromatic heterocycles. The summed E-state index contributed by atoms with van der Waals surface area (Å²) in [6, 6.07) is 5.49. The highest BCUT2D eigenvalue weighted by atomic mass is 35.5. The fourth-order valence-electron chi connectivity index (χ4n) is 2.45. The van der Waals surface area contributed by atoms with Crippen molar-refractivity contribution in [2.24, 2.45) is 5.92 Å². The van der Waals surface area contributed by atoms with E-state index in [1.165, 1.54) is 7.11 Å². The lowest BCUT2D eigenvalue weighted by Crippen LogP contribution is -2.32. The third kappa shape index (κ3) is 4.19. The van der Waals surface area contributed by atoms with E-state index in [2.05, 4.69) is 5.32 Å². The molecule has 0 radical (unpaired) electrons. The first-order chi connectivity index (χ1) is 9.99. The molecule has 1 unspecified atom stereocenters. The van der Waals surface area contributed by atoms with E-state index >= 15 is 0 Å². The number of hydrogen-bond donors (Lipinski definition) is 1. The Labute approximate surface area is 129 Å². The number of methoxy groups -OCH3 is 1. The van der Waals surface area contributed by atoms with Gasteiger partial charge in [0.1, 0.15) is 0 Å². The Morgan fingerprint density at radius 1 is 1.48 bits per heavy atom. The number of likely N-dealkylation sites (tertiary alicyclic amines) is 1. The molecule has 1 aromatic rings. The molecule has 114 valence electrons. The molecule has 1 N–H and O–H groups in total. The summed E-state index contributed by atoms with van der Waals surface area (Å²) < 4.78 is 4.73. The van der Waals surface area contributed by atoms with E-state index in [-0.39, 0.29) is 24.3 Å². The second-order valence-corrected chi connectivity index (χ2v) is 5.68. The zero-order chi connectivity index (χ0) is 15.4. The Hall–Kier alpha value is -1.59. The van der Waals surface area contributed by atoms with Crippen molar-refractivity contribution in [3.8, 4) is 0 Å². The molecule has 0 aliphatic carbocycles. The molecule has 0 bridgehead atoms. The van der Waals surface area contributed by atoms with Crippen molar-refractivity contribution in [3.05, 3.63) is 28.8 Å². The van der Waals surface area contributed by atoms with Crippen LogP contribution in [-0.2, 0) is 14.3 Å². The van der Waals surface area contributed by atoms with E-state index in [0.29, 0.717) is 17.3 Å². The van der Waals surface area contributed by atoms with E-state index < -0.39 is 0 Å². The van der Waals surface area contributed by atoms with Gasteiger partial charge in [0.2, 0.25) is 5.91 Å². The zero-order valence-corrected chi connectivity index (χ0v) is 12.9. The van der Waals surface area contributed by atoms with Gasteiger partial charge in [0.25, 0.3) is 0 Å². The number of carbonyl (C=O) groups excluding carboxylic acids is 2. The third-order valence-electron chi connectivity index (χ3n) is 3.57. The summed E-state index contributed by atoms with van der Waals surface area (Å²) in [5, 5.41) is 3.32. The van der Waals surface area contributed by atoms with Gasteiger partial charge in [0.15, 0.2) is 0 Å². The van der Waals surface area contributed by atoms with Crippen LogP contribution in [0.4, 0.5) is 5.69 Å². The van der Waals surface area contributed by atoms with Crippen molar-refractivity contribution in [2.75, 3.05) is 32.1 Å². The second kappa shape index (κ2) is 6.91. The summed E-state index contributed by atoms with van der Waals surface area (Å²) in [4.78, 5) is 25.4. The Balaban J connectivity index is 1.87. The molecule has 21 heavy (non-hydrogen) atoms. The van der Waals surface area contributed by atoms with Crippen LogP contribution < -0.4 is 5.32 Å². The number of aryl methyl sites for hydroxylation is 1. The molecule has 1 aliphatic heterocycles.